The van der Waals surface area contributed by atoms with Crippen LogP contribution in [0.2, 0.25) is 0 Å². The minimum atomic E-state index is -0.752. The molecule has 0 spiro atoms. The van der Waals surface area contributed by atoms with Gasteiger partial charge in [0, 0.05) is 5.69 Å². The van der Waals surface area contributed by atoms with Gasteiger partial charge in [0.25, 0.3) is 5.91 Å². The molecule has 1 unspecified atom stereocenters. The standard InChI is InChI=1S/C21H23N3O3/c1-21(2,3)15-9-11-16(12-10-15)22-17(25)13-24-19(26)18(23-20(24)27)14-7-5-4-6-8-14/h4-12,18H,13H2,1-3H3,(H,22,25)(H,23,27). The summed E-state index contributed by atoms with van der Waals surface area (Å²) in [7, 11) is 0. The van der Waals surface area contributed by atoms with E-state index in [4.69, 9.17) is 0 Å². The van der Waals surface area contributed by atoms with Crippen molar-refractivity contribution in [1.29, 1.82) is 0 Å². The van der Waals surface area contributed by atoms with Gasteiger partial charge < -0.3 is 10.6 Å². The molecule has 4 amide bonds. The number of hydrogen-bond donors (Lipinski definition) is 2. The minimum Gasteiger partial charge on any atom is -0.325 e. The Morgan fingerprint density at radius 2 is 1.67 bits per heavy atom. The molecule has 1 saturated heterocycles. The van der Waals surface area contributed by atoms with Crippen LogP contribution < -0.4 is 10.6 Å². The van der Waals surface area contributed by atoms with Crippen molar-refractivity contribution in [3.8, 4) is 0 Å². The molecule has 2 aromatic rings. The third-order valence-electron chi connectivity index (χ3n) is 4.50. The second-order valence-corrected chi connectivity index (χ2v) is 7.59. The van der Waals surface area contributed by atoms with Gasteiger partial charge in [0.2, 0.25) is 5.91 Å². The number of rotatable bonds is 4. The van der Waals surface area contributed by atoms with Crippen LogP contribution >= 0.6 is 0 Å². The van der Waals surface area contributed by atoms with E-state index in [2.05, 4.69) is 31.4 Å². The molecule has 6 heteroatoms. The van der Waals surface area contributed by atoms with Crippen LogP contribution in [-0.4, -0.2) is 29.3 Å². The van der Waals surface area contributed by atoms with Crippen molar-refractivity contribution in [2.45, 2.75) is 32.2 Å². The lowest BCUT2D eigenvalue weighted by Gasteiger charge is -2.19. The van der Waals surface area contributed by atoms with E-state index in [-0.39, 0.29) is 12.0 Å². The Bertz CT molecular complexity index is 854. The van der Waals surface area contributed by atoms with E-state index in [1.54, 1.807) is 24.3 Å². The van der Waals surface area contributed by atoms with Crippen LogP contribution in [0, 0.1) is 0 Å². The van der Waals surface area contributed by atoms with E-state index in [0.29, 0.717) is 11.3 Å². The van der Waals surface area contributed by atoms with Crippen LogP contribution in [0.1, 0.15) is 37.9 Å². The maximum absolute atomic E-state index is 12.5. The van der Waals surface area contributed by atoms with Crippen molar-refractivity contribution >= 4 is 23.5 Å². The molecule has 6 nitrogen and oxygen atoms in total. The van der Waals surface area contributed by atoms with Crippen molar-refractivity contribution < 1.29 is 14.4 Å². The van der Waals surface area contributed by atoms with Crippen molar-refractivity contribution in [2.75, 3.05) is 11.9 Å². The molecule has 0 radical (unpaired) electrons. The highest BCUT2D eigenvalue weighted by molar-refractivity contribution is 6.08. The van der Waals surface area contributed by atoms with Crippen LogP contribution in [0.25, 0.3) is 0 Å². The number of hydrogen-bond acceptors (Lipinski definition) is 3. The molecule has 0 aromatic heterocycles. The number of carbonyl (C=O) groups is 3. The maximum Gasteiger partial charge on any atom is 0.325 e. The Hall–Kier alpha value is -3.15. The largest absolute Gasteiger partial charge is 0.325 e. The highest BCUT2D eigenvalue weighted by atomic mass is 16.2. The fourth-order valence-corrected chi connectivity index (χ4v) is 2.94. The topological polar surface area (TPSA) is 78.5 Å². The summed E-state index contributed by atoms with van der Waals surface area (Å²) in [6.07, 6.45) is 0. The Kier molecular flexibility index (Phi) is 4.99. The molecular weight excluding hydrogens is 342 g/mol. The van der Waals surface area contributed by atoms with Crippen molar-refractivity contribution in [2.24, 2.45) is 0 Å². The second-order valence-electron chi connectivity index (χ2n) is 7.59. The third kappa shape index (κ3) is 4.16. The number of amides is 4. The summed E-state index contributed by atoms with van der Waals surface area (Å²) >= 11 is 0. The molecular formula is C21H23N3O3. The molecule has 140 valence electrons. The van der Waals surface area contributed by atoms with Gasteiger partial charge in [-0.3, -0.25) is 14.5 Å². The first-order valence-electron chi connectivity index (χ1n) is 8.83. The smallest absolute Gasteiger partial charge is 0.325 e. The van der Waals surface area contributed by atoms with Crippen molar-refractivity contribution in [1.82, 2.24) is 10.2 Å². The Balaban J connectivity index is 1.64. The number of benzene rings is 2. The second kappa shape index (κ2) is 7.23. The summed E-state index contributed by atoms with van der Waals surface area (Å²) < 4.78 is 0. The lowest BCUT2D eigenvalue weighted by atomic mass is 9.87. The molecule has 2 aromatic carbocycles. The van der Waals surface area contributed by atoms with E-state index in [1.807, 2.05) is 30.3 Å². The molecule has 1 heterocycles. The van der Waals surface area contributed by atoms with E-state index in [0.717, 1.165) is 10.5 Å². The van der Waals surface area contributed by atoms with Gasteiger partial charge >= 0.3 is 6.03 Å². The molecule has 0 saturated carbocycles. The predicted octanol–water partition coefficient (Wildman–Crippen LogP) is 3.22. The zero-order valence-corrected chi connectivity index (χ0v) is 15.7. The summed E-state index contributed by atoms with van der Waals surface area (Å²) in [5, 5.41) is 5.35. The summed E-state index contributed by atoms with van der Waals surface area (Å²) in [5.41, 5.74) is 2.49. The average molecular weight is 365 g/mol. The summed E-state index contributed by atoms with van der Waals surface area (Å²) in [6, 6.07) is 15.2. The van der Waals surface area contributed by atoms with E-state index in [1.165, 1.54) is 0 Å². The lowest BCUT2D eigenvalue weighted by molar-refractivity contribution is -0.130. The number of urea groups is 1. The fourth-order valence-electron chi connectivity index (χ4n) is 2.94. The maximum atomic E-state index is 12.5. The molecule has 1 aliphatic rings. The van der Waals surface area contributed by atoms with E-state index in [9.17, 15) is 14.4 Å². The summed E-state index contributed by atoms with van der Waals surface area (Å²) in [5.74, 6) is -0.847. The summed E-state index contributed by atoms with van der Waals surface area (Å²) in [6.45, 7) is 6.01. The number of nitrogens with one attached hydrogen (secondary N) is 2. The van der Waals surface area contributed by atoms with Gasteiger partial charge in [0.15, 0.2) is 0 Å². The zero-order chi connectivity index (χ0) is 19.6. The van der Waals surface area contributed by atoms with E-state index < -0.39 is 23.9 Å². The molecule has 1 fully saturated rings. The van der Waals surface area contributed by atoms with Crippen LogP contribution in [-0.2, 0) is 15.0 Å². The first-order valence-corrected chi connectivity index (χ1v) is 8.83. The molecule has 1 aliphatic heterocycles. The SMILES string of the molecule is CC(C)(C)c1ccc(NC(=O)CN2C(=O)NC(c3ccccc3)C2=O)cc1. The first-order chi connectivity index (χ1) is 12.8. The molecule has 0 aliphatic carbocycles. The van der Waals surface area contributed by atoms with Crippen molar-refractivity contribution in [3.63, 3.8) is 0 Å². The van der Waals surface area contributed by atoms with Crippen LogP contribution in [0.15, 0.2) is 54.6 Å². The number of carbonyl (C=O) groups excluding carboxylic acids is 3. The minimum absolute atomic E-state index is 0.0229. The summed E-state index contributed by atoms with van der Waals surface area (Å²) in [4.78, 5) is 37.9. The fraction of sp³-hybridized carbons (Fsp3) is 0.286. The molecule has 3 rings (SSSR count). The molecule has 1 atom stereocenters. The van der Waals surface area contributed by atoms with E-state index >= 15 is 0 Å². The quantitative estimate of drug-likeness (QED) is 0.817. The normalized spacial score (nSPS) is 17.0. The van der Waals surface area contributed by atoms with Gasteiger partial charge in [-0.1, -0.05) is 63.2 Å². The first kappa shape index (κ1) is 18.6. The van der Waals surface area contributed by atoms with Gasteiger partial charge in [-0.25, -0.2) is 4.79 Å². The molecule has 0 bridgehead atoms. The van der Waals surface area contributed by atoms with Crippen LogP contribution in [0.3, 0.4) is 0 Å². The Labute approximate surface area is 158 Å². The van der Waals surface area contributed by atoms with Gasteiger partial charge in [0.1, 0.15) is 12.6 Å². The Morgan fingerprint density at radius 1 is 1.04 bits per heavy atom. The van der Waals surface area contributed by atoms with Gasteiger partial charge in [-0.15, -0.1) is 0 Å². The molecule has 2 N–H and O–H groups in total. The highest BCUT2D eigenvalue weighted by Crippen LogP contribution is 2.24. The molecule has 27 heavy (non-hydrogen) atoms. The number of nitrogens with zero attached hydrogens (tertiary/aromatic N) is 1. The monoisotopic (exact) mass is 365 g/mol. The average Bonchev–Trinajstić information content (AvgIpc) is 2.90. The predicted molar refractivity (Wildman–Crippen MR) is 103 cm³/mol. The highest BCUT2D eigenvalue weighted by Gasteiger charge is 2.39. The van der Waals surface area contributed by atoms with Crippen molar-refractivity contribution in [3.05, 3.63) is 65.7 Å². The number of anilines is 1. The van der Waals surface area contributed by atoms with Gasteiger partial charge in [-0.05, 0) is 28.7 Å². The number of imide groups is 1. The Morgan fingerprint density at radius 3 is 2.26 bits per heavy atom. The van der Waals surface area contributed by atoms with Crippen LogP contribution in [0.5, 0.6) is 0 Å². The third-order valence-corrected chi connectivity index (χ3v) is 4.50. The van der Waals surface area contributed by atoms with Gasteiger partial charge in [-0.2, -0.15) is 0 Å². The zero-order valence-electron chi connectivity index (χ0n) is 15.7. The lowest BCUT2D eigenvalue weighted by Crippen LogP contribution is -2.38. The van der Waals surface area contributed by atoms with Gasteiger partial charge in [0.05, 0.1) is 0 Å². The van der Waals surface area contributed by atoms with Crippen LogP contribution in [0.4, 0.5) is 10.5 Å².